The SMILES string of the molecule is CC(C)c1cccc(C(C)C)c1NC(=O)CSc1nc2ccccc2s1. The molecule has 0 radical (unpaired) electrons. The Labute approximate surface area is 163 Å². The molecule has 0 bridgehead atoms. The molecule has 0 saturated carbocycles. The van der Waals surface area contributed by atoms with Crippen LogP contribution in [0.25, 0.3) is 10.2 Å². The Balaban J connectivity index is 1.73. The smallest absolute Gasteiger partial charge is 0.234 e. The highest BCUT2D eigenvalue weighted by molar-refractivity contribution is 8.01. The average Bonchev–Trinajstić information content (AvgIpc) is 3.02. The standard InChI is InChI=1S/C21H24N2OS2/c1-13(2)15-8-7-9-16(14(3)4)20(15)23-19(24)12-25-21-22-17-10-5-6-11-18(17)26-21/h5-11,13-14H,12H2,1-4H3,(H,23,24). The third-order valence-corrected chi connectivity index (χ3v) is 6.42. The molecule has 1 N–H and O–H groups in total. The Morgan fingerprint density at radius 3 is 2.31 bits per heavy atom. The summed E-state index contributed by atoms with van der Waals surface area (Å²) in [4.78, 5) is 17.2. The molecule has 3 nitrogen and oxygen atoms in total. The highest BCUT2D eigenvalue weighted by Crippen LogP contribution is 2.33. The maximum absolute atomic E-state index is 12.6. The van der Waals surface area contributed by atoms with Crippen molar-refractivity contribution in [2.24, 2.45) is 0 Å². The fraction of sp³-hybridized carbons (Fsp3) is 0.333. The molecule has 1 aromatic heterocycles. The molecule has 3 rings (SSSR count). The van der Waals surface area contributed by atoms with Gasteiger partial charge in [-0.15, -0.1) is 11.3 Å². The zero-order valence-electron chi connectivity index (χ0n) is 15.6. The van der Waals surface area contributed by atoms with Crippen LogP contribution in [0, 0.1) is 0 Å². The molecule has 2 aromatic carbocycles. The van der Waals surface area contributed by atoms with Gasteiger partial charge in [-0.05, 0) is 35.1 Å². The highest BCUT2D eigenvalue weighted by Gasteiger charge is 2.16. The summed E-state index contributed by atoms with van der Waals surface area (Å²) in [6, 6.07) is 14.3. The van der Waals surface area contributed by atoms with E-state index in [1.807, 2.05) is 18.2 Å². The van der Waals surface area contributed by atoms with E-state index in [-0.39, 0.29) is 5.91 Å². The number of nitrogens with zero attached hydrogens (tertiary/aromatic N) is 1. The number of thiazole rings is 1. The van der Waals surface area contributed by atoms with Gasteiger partial charge in [0.15, 0.2) is 4.34 Å². The molecule has 1 heterocycles. The molecule has 136 valence electrons. The first kappa shape index (κ1) is 18.9. The number of thioether (sulfide) groups is 1. The number of carbonyl (C=O) groups excluding carboxylic acids is 1. The Morgan fingerprint density at radius 2 is 1.69 bits per heavy atom. The molecule has 0 unspecified atom stereocenters. The summed E-state index contributed by atoms with van der Waals surface area (Å²) < 4.78 is 2.09. The van der Waals surface area contributed by atoms with Gasteiger partial charge in [-0.1, -0.05) is 69.8 Å². The van der Waals surface area contributed by atoms with Crippen LogP contribution in [0.3, 0.4) is 0 Å². The minimum atomic E-state index is 0.0178. The van der Waals surface area contributed by atoms with E-state index in [1.54, 1.807) is 11.3 Å². The molecule has 0 aliphatic rings. The topological polar surface area (TPSA) is 42.0 Å². The minimum absolute atomic E-state index is 0.0178. The molecule has 3 aromatic rings. The van der Waals surface area contributed by atoms with E-state index in [0.29, 0.717) is 17.6 Å². The van der Waals surface area contributed by atoms with Crippen LogP contribution >= 0.6 is 23.1 Å². The lowest BCUT2D eigenvalue weighted by Crippen LogP contribution is -2.17. The second-order valence-corrected chi connectivity index (χ2v) is 9.16. The van der Waals surface area contributed by atoms with Crippen molar-refractivity contribution in [3.8, 4) is 0 Å². The monoisotopic (exact) mass is 384 g/mol. The first-order chi connectivity index (χ1) is 12.5. The van der Waals surface area contributed by atoms with Crippen LogP contribution in [0.15, 0.2) is 46.8 Å². The number of nitrogens with one attached hydrogen (secondary N) is 1. The van der Waals surface area contributed by atoms with Crippen LogP contribution in [-0.2, 0) is 4.79 Å². The normalized spacial score (nSPS) is 11.5. The van der Waals surface area contributed by atoms with Gasteiger partial charge >= 0.3 is 0 Å². The van der Waals surface area contributed by atoms with Crippen molar-refractivity contribution in [3.05, 3.63) is 53.6 Å². The lowest BCUT2D eigenvalue weighted by Gasteiger charge is -2.20. The lowest BCUT2D eigenvalue weighted by molar-refractivity contribution is -0.113. The molecule has 0 atom stereocenters. The first-order valence-corrected chi connectivity index (χ1v) is 10.7. The Morgan fingerprint density at radius 1 is 1.04 bits per heavy atom. The third kappa shape index (κ3) is 4.27. The van der Waals surface area contributed by atoms with Gasteiger partial charge in [-0.25, -0.2) is 4.98 Å². The quantitative estimate of drug-likeness (QED) is 0.509. The minimum Gasteiger partial charge on any atom is -0.325 e. The van der Waals surface area contributed by atoms with Gasteiger partial charge in [0.05, 0.1) is 16.0 Å². The van der Waals surface area contributed by atoms with Crippen molar-refractivity contribution >= 4 is 44.9 Å². The van der Waals surface area contributed by atoms with Crippen molar-refractivity contribution in [2.45, 2.75) is 43.9 Å². The number of benzene rings is 2. The molecule has 0 fully saturated rings. The van der Waals surface area contributed by atoms with Crippen molar-refractivity contribution in [2.75, 3.05) is 11.1 Å². The van der Waals surface area contributed by atoms with Crippen LogP contribution in [0.4, 0.5) is 5.69 Å². The van der Waals surface area contributed by atoms with E-state index in [4.69, 9.17) is 0 Å². The molecule has 0 spiro atoms. The number of carbonyl (C=O) groups is 1. The zero-order valence-corrected chi connectivity index (χ0v) is 17.2. The fourth-order valence-corrected chi connectivity index (χ4v) is 4.78. The number of para-hydroxylation sites is 2. The van der Waals surface area contributed by atoms with Crippen LogP contribution in [0.5, 0.6) is 0 Å². The summed E-state index contributed by atoms with van der Waals surface area (Å²) in [6.45, 7) is 8.63. The molecule has 0 saturated heterocycles. The first-order valence-electron chi connectivity index (χ1n) is 8.86. The van der Waals surface area contributed by atoms with Gasteiger partial charge in [0.25, 0.3) is 0 Å². The maximum Gasteiger partial charge on any atom is 0.234 e. The van der Waals surface area contributed by atoms with E-state index in [9.17, 15) is 4.79 Å². The zero-order chi connectivity index (χ0) is 18.7. The van der Waals surface area contributed by atoms with Gasteiger partial charge in [0, 0.05) is 5.69 Å². The van der Waals surface area contributed by atoms with Crippen molar-refractivity contribution in [3.63, 3.8) is 0 Å². The number of fused-ring (bicyclic) bond motifs is 1. The van der Waals surface area contributed by atoms with Crippen molar-refractivity contribution in [1.82, 2.24) is 4.98 Å². The second-order valence-electron chi connectivity index (χ2n) is 6.91. The summed E-state index contributed by atoms with van der Waals surface area (Å²) in [5, 5.41) is 3.16. The summed E-state index contributed by atoms with van der Waals surface area (Å²) in [6.07, 6.45) is 0. The number of amides is 1. The number of hydrogen-bond acceptors (Lipinski definition) is 4. The van der Waals surface area contributed by atoms with Crippen LogP contribution < -0.4 is 5.32 Å². The van der Waals surface area contributed by atoms with Gasteiger partial charge in [0.2, 0.25) is 5.91 Å². The highest BCUT2D eigenvalue weighted by atomic mass is 32.2. The van der Waals surface area contributed by atoms with E-state index < -0.39 is 0 Å². The molecule has 1 amide bonds. The van der Waals surface area contributed by atoms with Crippen molar-refractivity contribution < 1.29 is 4.79 Å². The second kappa shape index (κ2) is 8.23. The van der Waals surface area contributed by atoms with Crippen LogP contribution in [-0.4, -0.2) is 16.6 Å². The predicted molar refractivity (Wildman–Crippen MR) is 114 cm³/mol. The van der Waals surface area contributed by atoms with Crippen molar-refractivity contribution in [1.29, 1.82) is 0 Å². The fourth-order valence-electron chi connectivity index (χ4n) is 2.91. The summed E-state index contributed by atoms with van der Waals surface area (Å²) in [5.41, 5.74) is 4.35. The molecule has 0 aliphatic heterocycles. The summed E-state index contributed by atoms with van der Waals surface area (Å²) >= 11 is 3.13. The van der Waals surface area contributed by atoms with E-state index in [0.717, 1.165) is 20.2 Å². The Kier molecular flexibility index (Phi) is 5.99. The molecular formula is C21H24N2OS2. The molecule has 5 heteroatoms. The number of hydrogen-bond donors (Lipinski definition) is 1. The van der Waals surface area contributed by atoms with E-state index >= 15 is 0 Å². The van der Waals surface area contributed by atoms with Crippen LogP contribution in [0.1, 0.15) is 50.7 Å². The molecule has 26 heavy (non-hydrogen) atoms. The van der Waals surface area contributed by atoms with Gasteiger partial charge < -0.3 is 5.32 Å². The van der Waals surface area contributed by atoms with Gasteiger partial charge in [-0.3, -0.25) is 4.79 Å². The number of aromatic nitrogens is 1. The summed E-state index contributed by atoms with van der Waals surface area (Å²) in [5.74, 6) is 1.11. The average molecular weight is 385 g/mol. The van der Waals surface area contributed by atoms with Gasteiger partial charge in [0.1, 0.15) is 0 Å². The molecule has 0 aliphatic carbocycles. The predicted octanol–water partition coefficient (Wildman–Crippen LogP) is 6.27. The maximum atomic E-state index is 12.6. The van der Waals surface area contributed by atoms with Gasteiger partial charge in [-0.2, -0.15) is 0 Å². The lowest BCUT2D eigenvalue weighted by atomic mass is 9.92. The molecular weight excluding hydrogens is 360 g/mol. The Hall–Kier alpha value is -1.85. The largest absolute Gasteiger partial charge is 0.325 e. The van der Waals surface area contributed by atoms with Crippen LogP contribution in [0.2, 0.25) is 0 Å². The Bertz CT molecular complexity index is 856. The summed E-state index contributed by atoms with van der Waals surface area (Å²) in [7, 11) is 0. The van der Waals surface area contributed by atoms with E-state index in [2.05, 4.69) is 62.3 Å². The number of anilines is 1. The third-order valence-electron chi connectivity index (χ3n) is 4.24. The van der Waals surface area contributed by atoms with E-state index in [1.165, 1.54) is 22.9 Å². The number of rotatable bonds is 6.